The molecule has 0 spiro atoms. The van der Waals surface area contributed by atoms with Gasteiger partial charge in [-0.3, -0.25) is 4.79 Å². The van der Waals surface area contributed by atoms with Gasteiger partial charge in [0.25, 0.3) is 0 Å². The van der Waals surface area contributed by atoms with Gasteiger partial charge in [-0.25, -0.2) is 9.50 Å². The van der Waals surface area contributed by atoms with Crippen LogP contribution in [0.5, 0.6) is 0 Å². The van der Waals surface area contributed by atoms with E-state index in [9.17, 15) is 4.79 Å². The van der Waals surface area contributed by atoms with E-state index >= 15 is 0 Å². The molecule has 66 valence electrons. The average Bonchev–Trinajstić information content (AvgIpc) is 2.46. The van der Waals surface area contributed by atoms with Crippen LogP contribution in [0.25, 0.3) is 5.65 Å². The number of carbonyl (C=O) groups excluding carboxylic acids is 1. The van der Waals surface area contributed by atoms with Crippen molar-refractivity contribution in [1.82, 2.24) is 14.6 Å². The van der Waals surface area contributed by atoms with Crippen LogP contribution in [-0.4, -0.2) is 20.4 Å². The first-order valence-corrected chi connectivity index (χ1v) is 4.07. The second-order valence-electron chi connectivity index (χ2n) is 2.64. The molecule has 0 saturated carbocycles. The maximum absolute atomic E-state index is 10.9. The molecule has 0 radical (unpaired) electrons. The normalized spacial score (nSPS) is 10.6. The molecule has 4 nitrogen and oxygen atoms in total. The van der Waals surface area contributed by atoms with Gasteiger partial charge in [-0.2, -0.15) is 0 Å². The van der Waals surface area contributed by atoms with E-state index in [4.69, 9.17) is 11.6 Å². The highest BCUT2D eigenvalue weighted by atomic mass is 35.5. The molecule has 0 unspecified atom stereocenters. The van der Waals surface area contributed by atoms with Crippen molar-refractivity contribution in [2.45, 2.75) is 6.92 Å². The average molecular weight is 196 g/mol. The van der Waals surface area contributed by atoms with Crippen molar-refractivity contribution in [3.63, 3.8) is 0 Å². The van der Waals surface area contributed by atoms with Gasteiger partial charge < -0.3 is 0 Å². The molecule has 5 heteroatoms. The summed E-state index contributed by atoms with van der Waals surface area (Å²) in [5, 5.41) is 4.53. The van der Waals surface area contributed by atoms with Crippen LogP contribution in [0.15, 0.2) is 18.3 Å². The molecule has 0 aliphatic carbocycles. The Balaban J connectivity index is 2.68. The predicted molar refractivity (Wildman–Crippen MR) is 48.0 cm³/mol. The summed E-state index contributed by atoms with van der Waals surface area (Å²) < 4.78 is 1.52. The van der Waals surface area contributed by atoms with Gasteiger partial charge in [0.1, 0.15) is 0 Å². The third-order valence-electron chi connectivity index (χ3n) is 1.61. The van der Waals surface area contributed by atoms with Crippen molar-refractivity contribution >= 4 is 23.0 Å². The summed E-state index contributed by atoms with van der Waals surface area (Å²) >= 11 is 5.74. The zero-order valence-electron chi connectivity index (χ0n) is 6.86. The Bertz CT molecular complexity index is 477. The number of Topliss-reactive ketones (excluding diaryl/α,β-unsaturated/α-hetero) is 1. The van der Waals surface area contributed by atoms with Crippen molar-refractivity contribution in [2.75, 3.05) is 0 Å². The van der Waals surface area contributed by atoms with Crippen LogP contribution in [0.4, 0.5) is 0 Å². The fourth-order valence-corrected chi connectivity index (χ4v) is 1.16. The number of pyridine rings is 1. The van der Waals surface area contributed by atoms with Gasteiger partial charge in [0, 0.05) is 24.2 Å². The van der Waals surface area contributed by atoms with Crippen molar-refractivity contribution in [3.8, 4) is 0 Å². The van der Waals surface area contributed by atoms with E-state index in [0.29, 0.717) is 10.7 Å². The molecule has 0 N–H and O–H groups in total. The highest BCUT2D eigenvalue weighted by Crippen LogP contribution is 2.10. The molecule has 2 heterocycles. The third-order valence-corrected chi connectivity index (χ3v) is 1.85. The van der Waals surface area contributed by atoms with E-state index in [1.165, 1.54) is 11.4 Å². The third kappa shape index (κ3) is 1.40. The molecule has 2 aromatic rings. The minimum absolute atomic E-state index is 0.153. The molecule has 0 atom stereocenters. The number of hydrogen-bond acceptors (Lipinski definition) is 3. The molecule has 0 amide bonds. The zero-order chi connectivity index (χ0) is 9.42. The van der Waals surface area contributed by atoms with Gasteiger partial charge in [-0.05, 0) is 6.07 Å². The molecule has 0 aliphatic heterocycles. The van der Waals surface area contributed by atoms with Gasteiger partial charge in [0.15, 0.2) is 11.4 Å². The topological polar surface area (TPSA) is 47.3 Å². The molecule has 0 aromatic carbocycles. The summed E-state index contributed by atoms with van der Waals surface area (Å²) in [5.74, 6) is 0.0575. The minimum Gasteiger partial charge on any atom is -0.291 e. The lowest BCUT2D eigenvalue weighted by molar-refractivity contribution is 0.100. The van der Waals surface area contributed by atoms with Gasteiger partial charge in [0.2, 0.25) is 5.82 Å². The Kier molecular flexibility index (Phi) is 1.77. The lowest BCUT2D eigenvalue weighted by Crippen LogP contribution is -1.95. The van der Waals surface area contributed by atoms with E-state index in [0.717, 1.165) is 0 Å². The zero-order valence-corrected chi connectivity index (χ0v) is 7.62. The van der Waals surface area contributed by atoms with Crippen LogP contribution in [0.1, 0.15) is 17.5 Å². The molecule has 2 rings (SSSR count). The van der Waals surface area contributed by atoms with E-state index in [1.807, 2.05) is 0 Å². The van der Waals surface area contributed by atoms with Gasteiger partial charge in [-0.1, -0.05) is 11.6 Å². The van der Waals surface area contributed by atoms with Crippen LogP contribution in [0.3, 0.4) is 0 Å². The summed E-state index contributed by atoms with van der Waals surface area (Å²) in [5.41, 5.74) is 0.581. The van der Waals surface area contributed by atoms with Crippen molar-refractivity contribution in [1.29, 1.82) is 0 Å². The summed E-state index contributed by atoms with van der Waals surface area (Å²) in [4.78, 5) is 14.9. The largest absolute Gasteiger partial charge is 0.291 e. The highest BCUT2D eigenvalue weighted by molar-refractivity contribution is 6.30. The SMILES string of the molecule is CC(=O)c1nc2cc(Cl)ccn2n1. The van der Waals surface area contributed by atoms with E-state index in [2.05, 4.69) is 10.1 Å². The molecule has 0 bridgehead atoms. The van der Waals surface area contributed by atoms with E-state index in [1.54, 1.807) is 18.3 Å². The quantitative estimate of drug-likeness (QED) is 0.650. The molecule has 2 aromatic heterocycles. The number of nitrogens with zero attached hydrogens (tertiary/aromatic N) is 3. The summed E-state index contributed by atoms with van der Waals surface area (Å²) in [6.07, 6.45) is 1.66. The second-order valence-corrected chi connectivity index (χ2v) is 3.08. The first-order valence-electron chi connectivity index (χ1n) is 3.70. The first kappa shape index (κ1) is 8.19. The number of halogens is 1. The van der Waals surface area contributed by atoms with Gasteiger partial charge in [0.05, 0.1) is 0 Å². The lowest BCUT2D eigenvalue weighted by Gasteiger charge is -1.89. The summed E-state index contributed by atoms with van der Waals surface area (Å²) in [6.45, 7) is 1.43. The summed E-state index contributed by atoms with van der Waals surface area (Å²) in [7, 11) is 0. The number of rotatable bonds is 1. The van der Waals surface area contributed by atoms with Crippen molar-refractivity contribution in [3.05, 3.63) is 29.2 Å². The molecule has 0 aliphatic rings. The van der Waals surface area contributed by atoms with Crippen LogP contribution in [0, 0.1) is 0 Å². The Hall–Kier alpha value is -1.42. The number of hydrogen-bond donors (Lipinski definition) is 0. The standard InChI is InChI=1S/C8H6ClN3O/c1-5(13)8-10-7-4-6(9)2-3-12(7)11-8/h2-4H,1H3. The number of carbonyl (C=O) groups is 1. The number of ketones is 1. The minimum atomic E-state index is -0.153. The molecular formula is C8H6ClN3O. The molecular weight excluding hydrogens is 190 g/mol. The van der Waals surface area contributed by atoms with Crippen LogP contribution in [0.2, 0.25) is 5.02 Å². The van der Waals surface area contributed by atoms with Gasteiger partial charge in [-0.15, -0.1) is 5.10 Å². The van der Waals surface area contributed by atoms with E-state index < -0.39 is 0 Å². The molecule has 0 fully saturated rings. The Morgan fingerprint density at radius 2 is 2.38 bits per heavy atom. The predicted octanol–water partition coefficient (Wildman–Crippen LogP) is 1.59. The first-order chi connectivity index (χ1) is 6.16. The Morgan fingerprint density at radius 3 is 3.08 bits per heavy atom. The monoisotopic (exact) mass is 195 g/mol. The maximum Gasteiger partial charge on any atom is 0.217 e. The molecule has 13 heavy (non-hydrogen) atoms. The highest BCUT2D eigenvalue weighted by Gasteiger charge is 2.07. The number of aromatic nitrogens is 3. The summed E-state index contributed by atoms with van der Waals surface area (Å²) in [6, 6.07) is 3.34. The number of fused-ring (bicyclic) bond motifs is 1. The maximum atomic E-state index is 10.9. The smallest absolute Gasteiger partial charge is 0.217 e. The second kappa shape index (κ2) is 2.81. The van der Waals surface area contributed by atoms with Crippen LogP contribution in [-0.2, 0) is 0 Å². The fourth-order valence-electron chi connectivity index (χ4n) is 1.01. The van der Waals surface area contributed by atoms with Crippen molar-refractivity contribution < 1.29 is 4.79 Å². The van der Waals surface area contributed by atoms with Crippen molar-refractivity contribution in [2.24, 2.45) is 0 Å². The lowest BCUT2D eigenvalue weighted by atomic mass is 10.4. The van der Waals surface area contributed by atoms with E-state index in [-0.39, 0.29) is 11.6 Å². The Morgan fingerprint density at radius 1 is 1.62 bits per heavy atom. The fraction of sp³-hybridized carbons (Fsp3) is 0.125. The molecule has 0 saturated heterocycles. The Labute approximate surface area is 79.2 Å². The van der Waals surface area contributed by atoms with Crippen LogP contribution < -0.4 is 0 Å². The van der Waals surface area contributed by atoms with Crippen LogP contribution >= 0.6 is 11.6 Å². The van der Waals surface area contributed by atoms with Gasteiger partial charge >= 0.3 is 0 Å².